The van der Waals surface area contributed by atoms with Gasteiger partial charge in [-0.2, -0.15) is 0 Å². The Bertz CT molecular complexity index is 463. The zero-order valence-electron chi connectivity index (χ0n) is 11.4. The monoisotopic (exact) mass is 312 g/mol. The Morgan fingerprint density at radius 1 is 1.20 bits per heavy atom. The summed E-state index contributed by atoms with van der Waals surface area (Å²) in [6, 6.07) is 8.65. The Morgan fingerprint density at radius 3 is 2.75 bits per heavy atom. The summed E-state index contributed by atoms with van der Waals surface area (Å²) in [7, 11) is 0. The molecule has 1 aromatic rings. The third kappa shape index (κ3) is 3.48. The topological polar surface area (TPSA) is 41.1 Å². The van der Waals surface area contributed by atoms with Crippen molar-refractivity contribution in [1.82, 2.24) is 10.6 Å². The highest BCUT2D eigenvalue weighted by molar-refractivity contribution is 7.99. The maximum Gasteiger partial charge on any atom is 0.223 e. The molecule has 0 aliphatic carbocycles. The van der Waals surface area contributed by atoms with Gasteiger partial charge in [-0.15, -0.1) is 24.2 Å². The van der Waals surface area contributed by atoms with Gasteiger partial charge < -0.3 is 10.6 Å². The molecule has 0 bridgehead atoms. The van der Waals surface area contributed by atoms with Gasteiger partial charge in [0.15, 0.2) is 0 Å². The number of nitrogens with one attached hydrogen (secondary N) is 2. The van der Waals surface area contributed by atoms with Gasteiger partial charge in [-0.25, -0.2) is 0 Å². The summed E-state index contributed by atoms with van der Waals surface area (Å²) in [5.41, 5.74) is 1.29. The van der Waals surface area contributed by atoms with E-state index in [0.29, 0.717) is 0 Å². The van der Waals surface area contributed by atoms with Crippen molar-refractivity contribution in [3.8, 4) is 0 Å². The van der Waals surface area contributed by atoms with E-state index in [-0.39, 0.29) is 30.3 Å². The molecular weight excluding hydrogens is 292 g/mol. The van der Waals surface area contributed by atoms with Gasteiger partial charge in [-0.3, -0.25) is 4.79 Å². The minimum atomic E-state index is 0. The van der Waals surface area contributed by atoms with Gasteiger partial charge in [0, 0.05) is 16.6 Å². The van der Waals surface area contributed by atoms with E-state index in [9.17, 15) is 4.79 Å². The fraction of sp³-hybridized carbons (Fsp3) is 0.533. The maximum atomic E-state index is 12.3. The minimum Gasteiger partial charge on any atom is -0.349 e. The van der Waals surface area contributed by atoms with E-state index in [4.69, 9.17) is 0 Å². The Hall–Kier alpha value is -0.710. The number of carbonyl (C=O) groups is 1. The standard InChI is InChI=1S/C15H20N2OS.ClH/c18-15(11-5-8-16-9-6-11)17-13-7-10-19-14-4-2-1-3-12(13)14;/h1-4,11,13,16H,5-10H2,(H,17,18);1H. The van der Waals surface area contributed by atoms with Crippen molar-refractivity contribution in [2.75, 3.05) is 18.8 Å². The third-order valence-corrected chi connectivity index (χ3v) is 5.11. The highest BCUT2D eigenvalue weighted by Gasteiger charge is 2.26. The predicted molar refractivity (Wildman–Crippen MR) is 85.5 cm³/mol. The second-order valence-corrected chi connectivity index (χ2v) is 6.40. The maximum absolute atomic E-state index is 12.3. The highest BCUT2D eigenvalue weighted by atomic mass is 35.5. The lowest BCUT2D eigenvalue weighted by atomic mass is 9.95. The average Bonchev–Trinajstić information content (AvgIpc) is 2.48. The van der Waals surface area contributed by atoms with Gasteiger partial charge in [0.25, 0.3) is 0 Å². The van der Waals surface area contributed by atoms with E-state index in [1.807, 2.05) is 11.8 Å². The molecule has 0 spiro atoms. The van der Waals surface area contributed by atoms with Gasteiger partial charge in [0.2, 0.25) is 5.91 Å². The van der Waals surface area contributed by atoms with Crippen LogP contribution in [-0.4, -0.2) is 24.7 Å². The number of carbonyl (C=O) groups excluding carboxylic acids is 1. The molecule has 2 heterocycles. The number of piperidine rings is 1. The Kier molecular flexibility index (Phi) is 5.75. The van der Waals surface area contributed by atoms with Crippen LogP contribution >= 0.6 is 24.2 Å². The van der Waals surface area contributed by atoms with Crippen LogP contribution in [0.25, 0.3) is 0 Å². The first kappa shape index (κ1) is 15.7. The van der Waals surface area contributed by atoms with E-state index in [0.717, 1.165) is 38.1 Å². The number of hydrogen-bond donors (Lipinski definition) is 2. The summed E-state index contributed by atoms with van der Waals surface area (Å²) in [5, 5.41) is 6.57. The van der Waals surface area contributed by atoms with Crippen molar-refractivity contribution in [3.63, 3.8) is 0 Å². The third-order valence-electron chi connectivity index (χ3n) is 3.98. The minimum absolute atomic E-state index is 0. The summed E-state index contributed by atoms with van der Waals surface area (Å²) in [5.74, 6) is 1.53. The molecule has 1 saturated heterocycles. The molecule has 2 aliphatic rings. The molecule has 110 valence electrons. The molecular formula is C15H21ClN2OS. The molecule has 5 heteroatoms. The van der Waals surface area contributed by atoms with Crippen molar-refractivity contribution in [1.29, 1.82) is 0 Å². The number of benzene rings is 1. The number of thioether (sulfide) groups is 1. The van der Waals surface area contributed by atoms with Gasteiger partial charge >= 0.3 is 0 Å². The van der Waals surface area contributed by atoms with Crippen molar-refractivity contribution in [2.45, 2.75) is 30.2 Å². The first-order chi connectivity index (χ1) is 9.34. The van der Waals surface area contributed by atoms with Crippen LogP contribution in [0.2, 0.25) is 0 Å². The Labute approximate surface area is 130 Å². The number of amides is 1. The van der Waals surface area contributed by atoms with Crippen molar-refractivity contribution < 1.29 is 4.79 Å². The molecule has 1 aromatic carbocycles. The lowest BCUT2D eigenvalue weighted by Gasteiger charge is -2.29. The lowest BCUT2D eigenvalue weighted by molar-refractivity contribution is -0.126. The average molecular weight is 313 g/mol. The lowest BCUT2D eigenvalue weighted by Crippen LogP contribution is -2.40. The van der Waals surface area contributed by atoms with Gasteiger partial charge in [0.1, 0.15) is 0 Å². The zero-order valence-corrected chi connectivity index (χ0v) is 13.1. The van der Waals surface area contributed by atoms with Crippen molar-refractivity contribution in [2.24, 2.45) is 5.92 Å². The second kappa shape index (κ2) is 7.34. The largest absolute Gasteiger partial charge is 0.349 e. The first-order valence-electron chi connectivity index (χ1n) is 7.07. The van der Waals surface area contributed by atoms with Crippen LogP contribution in [0.5, 0.6) is 0 Å². The van der Waals surface area contributed by atoms with E-state index < -0.39 is 0 Å². The molecule has 20 heavy (non-hydrogen) atoms. The van der Waals surface area contributed by atoms with Crippen LogP contribution in [-0.2, 0) is 4.79 Å². The molecule has 1 fully saturated rings. The molecule has 3 rings (SSSR count). The molecule has 2 aliphatic heterocycles. The van der Waals surface area contributed by atoms with Crippen LogP contribution < -0.4 is 10.6 Å². The molecule has 1 unspecified atom stereocenters. The van der Waals surface area contributed by atoms with E-state index in [2.05, 4.69) is 34.9 Å². The fourth-order valence-electron chi connectivity index (χ4n) is 2.87. The van der Waals surface area contributed by atoms with E-state index in [1.54, 1.807) is 0 Å². The number of rotatable bonds is 2. The summed E-state index contributed by atoms with van der Waals surface area (Å²) in [6.07, 6.45) is 2.97. The van der Waals surface area contributed by atoms with Gasteiger partial charge in [0.05, 0.1) is 6.04 Å². The van der Waals surface area contributed by atoms with Crippen molar-refractivity contribution >= 4 is 30.1 Å². The van der Waals surface area contributed by atoms with E-state index >= 15 is 0 Å². The number of hydrogen-bond acceptors (Lipinski definition) is 3. The van der Waals surface area contributed by atoms with Crippen LogP contribution in [0.4, 0.5) is 0 Å². The van der Waals surface area contributed by atoms with Gasteiger partial charge in [-0.1, -0.05) is 18.2 Å². The molecule has 0 saturated carbocycles. The van der Waals surface area contributed by atoms with Crippen LogP contribution in [0.1, 0.15) is 30.9 Å². The Balaban J connectivity index is 0.00000147. The predicted octanol–water partition coefficient (Wildman–Crippen LogP) is 2.76. The number of halogens is 1. The van der Waals surface area contributed by atoms with Crippen LogP contribution in [0, 0.1) is 5.92 Å². The van der Waals surface area contributed by atoms with Crippen molar-refractivity contribution in [3.05, 3.63) is 29.8 Å². The number of fused-ring (bicyclic) bond motifs is 1. The van der Waals surface area contributed by atoms with Gasteiger partial charge in [-0.05, 0) is 44.0 Å². The molecule has 0 radical (unpaired) electrons. The quantitative estimate of drug-likeness (QED) is 0.882. The molecule has 0 aromatic heterocycles. The second-order valence-electron chi connectivity index (χ2n) is 5.26. The van der Waals surface area contributed by atoms with E-state index in [1.165, 1.54) is 10.5 Å². The summed E-state index contributed by atoms with van der Waals surface area (Å²) < 4.78 is 0. The molecule has 2 N–H and O–H groups in total. The van der Waals surface area contributed by atoms with Crippen LogP contribution in [0.15, 0.2) is 29.2 Å². The zero-order chi connectivity index (χ0) is 13.1. The molecule has 1 amide bonds. The highest BCUT2D eigenvalue weighted by Crippen LogP contribution is 2.36. The summed E-state index contributed by atoms with van der Waals surface area (Å²) >= 11 is 1.89. The van der Waals surface area contributed by atoms with Crippen LogP contribution in [0.3, 0.4) is 0 Å². The SMILES string of the molecule is Cl.O=C(NC1CCSc2ccccc21)C1CCNCC1. The molecule has 1 atom stereocenters. The first-order valence-corrected chi connectivity index (χ1v) is 8.06. The summed E-state index contributed by atoms with van der Waals surface area (Å²) in [4.78, 5) is 13.7. The molecule has 3 nitrogen and oxygen atoms in total. The smallest absolute Gasteiger partial charge is 0.223 e. The fourth-order valence-corrected chi connectivity index (χ4v) is 3.99. The normalized spacial score (nSPS) is 22.5. The summed E-state index contributed by atoms with van der Waals surface area (Å²) in [6.45, 7) is 1.93. The Morgan fingerprint density at radius 2 is 1.95 bits per heavy atom.